The highest BCUT2D eigenvalue weighted by atomic mass is 16.5. The molecule has 1 heterocycles. The number of urea groups is 1. The van der Waals surface area contributed by atoms with Crippen molar-refractivity contribution in [1.29, 1.82) is 0 Å². The van der Waals surface area contributed by atoms with E-state index in [0.717, 1.165) is 0 Å². The van der Waals surface area contributed by atoms with Crippen LogP contribution < -0.4 is 5.32 Å². The van der Waals surface area contributed by atoms with Crippen LogP contribution in [0.15, 0.2) is 0 Å². The van der Waals surface area contributed by atoms with Crippen molar-refractivity contribution in [2.45, 2.75) is 32.4 Å². The largest absolute Gasteiger partial charge is 0.480 e. The molecule has 0 aromatic heterocycles. The van der Waals surface area contributed by atoms with Gasteiger partial charge in [0.15, 0.2) is 0 Å². The molecule has 1 rings (SSSR count). The Hall–Kier alpha value is -1.83. The van der Waals surface area contributed by atoms with Crippen molar-refractivity contribution < 1.29 is 24.2 Å². The van der Waals surface area contributed by atoms with Crippen LogP contribution in [-0.2, 0) is 14.3 Å². The Morgan fingerprint density at radius 3 is 2.43 bits per heavy atom. The third-order valence-electron chi connectivity index (χ3n) is 3.65. The van der Waals surface area contributed by atoms with E-state index in [-0.39, 0.29) is 31.5 Å². The molecule has 2 N–H and O–H groups in total. The number of hydrogen-bond acceptors (Lipinski definition) is 4. The molecular formula is C13H23N3O5. The molecule has 0 aromatic carbocycles. The molecule has 8 nitrogen and oxygen atoms in total. The minimum atomic E-state index is -1.07. The van der Waals surface area contributed by atoms with Crippen LogP contribution in [0.25, 0.3) is 0 Å². The number of nitrogens with one attached hydrogen (secondary N) is 1. The molecule has 120 valence electrons. The first-order chi connectivity index (χ1) is 9.94. The summed E-state index contributed by atoms with van der Waals surface area (Å²) < 4.78 is 5.11. The van der Waals surface area contributed by atoms with Crippen molar-refractivity contribution in [2.24, 2.45) is 0 Å². The lowest BCUT2D eigenvalue weighted by Crippen LogP contribution is -2.49. The van der Waals surface area contributed by atoms with Gasteiger partial charge in [0, 0.05) is 33.2 Å². The summed E-state index contributed by atoms with van der Waals surface area (Å²) in [6.07, 6.45) is -0.0428. The first kappa shape index (κ1) is 17.2. The molecular weight excluding hydrogens is 278 g/mol. The maximum Gasteiger partial charge on any atom is 0.326 e. The Morgan fingerprint density at radius 1 is 1.33 bits per heavy atom. The van der Waals surface area contributed by atoms with Gasteiger partial charge >= 0.3 is 12.0 Å². The maximum atomic E-state index is 12.1. The average Bonchev–Trinajstić information content (AvgIpc) is 2.90. The molecule has 2 unspecified atom stereocenters. The summed E-state index contributed by atoms with van der Waals surface area (Å²) in [5.41, 5.74) is 0. The van der Waals surface area contributed by atoms with Crippen LogP contribution >= 0.6 is 0 Å². The van der Waals surface area contributed by atoms with E-state index < -0.39 is 18.0 Å². The van der Waals surface area contributed by atoms with E-state index in [1.54, 1.807) is 4.90 Å². The number of amides is 3. The van der Waals surface area contributed by atoms with Crippen molar-refractivity contribution in [2.75, 3.05) is 33.3 Å². The van der Waals surface area contributed by atoms with Gasteiger partial charge in [-0.1, -0.05) is 0 Å². The second kappa shape index (κ2) is 7.82. The molecule has 21 heavy (non-hydrogen) atoms. The van der Waals surface area contributed by atoms with E-state index in [9.17, 15) is 14.4 Å². The molecule has 1 aliphatic heterocycles. The van der Waals surface area contributed by atoms with Gasteiger partial charge in [-0.3, -0.25) is 4.79 Å². The zero-order valence-corrected chi connectivity index (χ0v) is 12.7. The van der Waals surface area contributed by atoms with Gasteiger partial charge in [-0.2, -0.15) is 0 Å². The quantitative estimate of drug-likeness (QED) is 0.704. The Bertz CT molecular complexity index is 397. The summed E-state index contributed by atoms with van der Waals surface area (Å²) in [4.78, 5) is 37.8. The smallest absolute Gasteiger partial charge is 0.326 e. The van der Waals surface area contributed by atoms with Gasteiger partial charge in [0.05, 0.1) is 12.6 Å². The molecule has 3 amide bonds. The fourth-order valence-corrected chi connectivity index (χ4v) is 2.37. The normalized spacial score (nSPS) is 21.2. The minimum absolute atomic E-state index is 0.138. The lowest BCUT2D eigenvalue weighted by Gasteiger charge is -2.23. The molecule has 0 aromatic rings. The van der Waals surface area contributed by atoms with E-state index in [4.69, 9.17) is 9.84 Å². The third kappa shape index (κ3) is 4.32. The zero-order chi connectivity index (χ0) is 16.0. The Kier molecular flexibility index (Phi) is 6.41. The second-order valence-electron chi connectivity index (χ2n) is 4.82. The standard InChI is InChI=1S/C13H23N3O5/c1-4-15(5-2)11(17)7-14-13(20)16-8-9(21-3)6-10(16)12(18)19/h9-10H,4-8H2,1-3H3,(H,14,20)(H,18,19). The Morgan fingerprint density at radius 2 is 1.95 bits per heavy atom. The predicted molar refractivity (Wildman–Crippen MR) is 74.9 cm³/mol. The van der Waals surface area contributed by atoms with Gasteiger partial charge in [-0.15, -0.1) is 0 Å². The van der Waals surface area contributed by atoms with Crippen LogP contribution in [0, 0.1) is 0 Å². The fraction of sp³-hybridized carbons (Fsp3) is 0.769. The van der Waals surface area contributed by atoms with Crippen LogP contribution in [0.5, 0.6) is 0 Å². The molecule has 1 fully saturated rings. The molecule has 1 saturated heterocycles. The SMILES string of the molecule is CCN(CC)C(=O)CNC(=O)N1CC(OC)CC1C(=O)O. The summed E-state index contributed by atoms with van der Waals surface area (Å²) in [6, 6.07) is -1.47. The van der Waals surface area contributed by atoms with Crippen LogP contribution in [0.2, 0.25) is 0 Å². The van der Waals surface area contributed by atoms with Crippen molar-refractivity contribution in [3.63, 3.8) is 0 Å². The minimum Gasteiger partial charge on any atom is -0.480 e. The number of ether oxygens (including phenoxy) is 1. The first-order valence-corrected chi connectivity index (χ1v) is 7.02. The van der Waals surface area contributed by atoms with E-state index in [1.807, 2.05) is 13.8 Å². The molecule has 8 heteroatoms. The number of carboxylic acids is 1. The first-order valence-electron chi connectivity index (χ1n) is 7.02. The van der Waals surface area contributed by atoms with Gasteiger partial charge in [-0.05, 0) is 13.8 Å². The number of nitrogens with zero attached hydrogens (tertiary/aromatic N) is 2. The van der Waals surface area contributed by atoms with Crippen molar-refractivity contribution in [3.05, 3.63) is 0 Å². The number of likely N-dealkylation sites (tertiary alicyclic amines) is 1. The summed E-state index contributed by atoms with van der Waals surface area (Å²) >= 11 is 0. The highest BCUT2D eigenvalue weighted by Gasteiger charge is 2.39. The van der Waals surface area contributed by atoms with Gasteiger partial charge in [-0.25, -0.2) is 9.59 Å². The summed E-state index contributed by atoms with van der Waals surface area (Å²) in [7, 11) is 1.48. The molecule has 0 bridgehead atoms. The number of hydrogen-bond donors (Lipinski definition) is 2. The molecule has 0 aliphatic carbocycles. The number of likely N-dealkylation sites (N-methyl/N-ethyl adjacent to an activating group) is 1. The number of carbonyl (C=O) groups is 3. The molecule has 0 spiro atoms. The number of methoxy groups -OCH3 is 1. The molecule has 2 atom stereocenters. The summed E-state index contributed by atoms with van der Waals surface area (Å²) in [5, 5.41) is 11.6. The van der Waals surface area contributed by atoms with Crippen LogP contribution in [0.3, 0.4) is 0 Å². The van der Waals surface area contributed by atoms with Gasteiger partial charge in [0.2, 0.25) is 5.91 Å². The molecule has 0 radical (unpaired) electrons. The maximum absolute atomic E-state index is 12.1. The monoisotopic (exact) mass is 301 g/mol. The van der Waals surface area contributed by atoms with Crippen LogP contribution in [0.1, 0.15) is 20.3 Å². The van der Waals surface area contributed by atoms with Crippen molar-refractivity contribution in [1.82, 2.24) is 15.1 Å². The zero-order valence-electron chi connectivity index (χ0n) is 12.7. The number of rotatable bonds is 6. The highest BCUT2D eigenvalue weighted by molar-refractivity contribution is 5.87. The van der Waals surface area contributed by atoms with Crippen LogP contribution in [-0.4, -0.2) is 78.2 Å². The van der Waals surface area contributed by atoms with E-state index >= 15 is 0 Å². The van der Waals surface area contributed by atoms with Gasteiger partial charge < -0.3 is 25.0 Å². The van der Waals surface area contributed by atoms with Crippen molar-refractivity contribution >= 4 is 17.9 Å². The number of carboxylic acid groups (broad SMARTS) is 1. The van der Waals surface area contributed by atoms with E-state index in [2.05, 4.69) is 5.32 Å². The summed E-state index contributed by atoms with van der Waals surface area (Å²) in [6.45, 7) is 4.91. The van der Waals surface area contributed by atoms with Crippen molar-refractivity contribution in [3.8, 4) is 0 Å². The van der Waals surface area contributed by atoms with E-state index in [1.165, 1.54) is 12.0 Å². The van der Waals surface area contributed by atoms with Gasteiger partial charge in [0.25, 0.3) is 0 Å². The number of aliphatic carboxylic acids is 1. The second-order valence-corrected chi connectivity index (χ2v) is 4.82. The Labute approximate surface area is 124 Å². The van der Waals surface area contributed by atoms with E-state index in [0.29, 0.717) is 13.1 Å². The summed E-state index contributed by atoms with van der Waals surface area (Å²) in [5.74, 6) is -1.26. The highest BCUT2D eigenvalue weighted by Crippen LogP contribution is 2.20. The van der Waals surface area contributed by atoms with Crippen LogP contribution in [0.4, 0.5) is 4.79 Å². The van der Waals surface area contributed by atoms with Gasteiger partial charge in [0.1, 0.15) is 6.04 Å². The fourth-order valence-electron chi connectivity index (χ4n) is 2.37. The lowest BCUT2D eigenvalue weighted by molar-refractivity contribution is -0.141. The average molecular weight is 301 g/mol. The predicted octanol–water partition coefficient (Wildman–Crippen LogP) is -0.262. The number of carbonyl (C=O) groups excluding carboxylic acids is 2. The topological polar surface area (TPSA) is 99.2 Å². The molecule has 1 aliphatic rings. The Balaban J connectivity index is 2.58. The third-order valence-corrected chi connectivity index (χ3v) is 3.65. The lowest BCUT2D eigenvalue weighted by atomic mass is 10.2. The molecule has 0 saturated carbocycles.